The summed E-state index contributed by atoms with van der Waals surface area (Å²) >= 11 is 0. The first-order chi connectivity index (χ1) is 10.9. The molecule has 1 unspecified atom stereocenters. The van der Waals surface area contributed by atoms with E-state index < -0.39 is 0 Å². The molecular formula is C20H26Cl2N2. The highest BCUT2D eigenvalue weighted by Crippen LogP contribution is 2.40. The smallest absolute Gasteiger partial charge is 0.0610 e. The van der Waals surface area contributed by atoms with E-state index in [1.54, 1.807) is 0 Å². The Kier molecular flexibility index (Phi) is 6.70. The van der Waals surface area contributed by atoms with Crippen LogP contribution in [-0.4, -0.2) is 31.1 Å². The molecule has 1 saturated heterocycles. The van der Waals surface area contributed by atoms with Crippen molar-refractivity contribution in [3.63, 3.8) is 0 Å². The van der Waals surface area contributed by atoms with Crippen molar-refractivity contribution in [2.75, 3.05) is 20.1 Å². The van der Waals surface area contributed by atoms with Crippen molar-refractivity contribution >= 4 is 24.8 Å². The maximum absolute atomic E-state index is 3.36. The normalized spacial score (nSPS) is 19.8. The van der Waals surface area contributed by atoms with Crippen molar-refractivity contribution in [2.45, 2.75) is 31.3 Å². The summed E-state index contributed by atoms with van der Waals surface area (Å²) in [7, 11) is 2.06. The molecule has 0 saturated carbocycles. The van der Waals surface area contributed by atoms with E-state index in [1.165, 1.54) is 35.2 Å². The zero-order valence-corrected chi connectivity index (χ0v) is 15.7. The topological polar surface area (TPSA) is 15.3 Å². The van der Waals surface area contributed by atoms with Crippen molar-refractivity contribution in [1.29, 1.82) is 0 Å². The first-order valence-electron chi connectivity index (χ1n) is 8.44. The fourth-order valence-corrected chi connectivity index (χ4v) is 4.11. The monoisotopic (exact) mass is 364 g/mol. The van der Waals surface area contributed by atoms with E-state index in [9.17, 15) is 0 Å². The third-order valence-electron chi connectivity index (χ3n) is 5.32. The van der Waals surface area contributed by atoms with E-state index in [4.69, 9.17) is 0 Å². The minimum atomic E-state index is 0. The van der Waals surface area contributed by atoms with Crippen LogP contribution in [-0.2, 0) is 12.8 Å². The van der Waals surface area contributed by atoms with Crippen LogP contribution in [0, 0.1) is 0 Å². The quantitative estimate of drug-likeness (QED) is 0.884. The van der Waals surface area contributed by atoms with Gasteiger partial charge in [0.1, 0.15) is 0 Å². The van der Waals surface area contributed by atoms with Crippen LogP contribution in [0.2, 0.25) is 0 Å². The predicted molar refractivity (Wildman–Crippen MR) is 106 cm³/mol. The van der Waals surface area contributed by atoms with Gasteiger partial charge in [-0.3, -0.25) is 4.90 Å². The molecule has 4 rings (SSSR count). The van der Waals surface area contributed by atoms with Crippen molar-refractivity contribution in [3.8, 4) is 0 Å². The van der Waals surface area contributed by atoms with Gasteiger partial charge in [0.15, 0.2) is 0 Å². The molecule has 4 heteroatoms. The Bertz CT molecular complexity index is 627. The molecule has 0 amide bonds. The van der Waals surface area contributed by atoms with Gasteiger partial charge in [-0.15, -0.1) is 24.8 Å². The van der Waals surface area contributed by atoms with Gasteiger partial charge in [-0.1, -0.05) is 48.5 Å². The van der Waals surface area contributed by atoms with Crippen LogP contribution in [0.1, 0.15) is 34.7 Å². The van der Waals surface area contributed by atoms with Crippen molar-refractivity contribution in [2.24, 2.45) is 0 Å². The summed E-state index contributed by atoms with van der Waals surface area (Å²) < 4.78 is 0. The Hall–Kier alpha value is -1.06. The summed E-state index contributed by atoms with van der Waals surface area (Å²) in [4.78, 5) is 2.69. The van der Waals surface area contributed by atoms with Gasteiger partial charge < -0.3 is 5.32 Å². The molecule has 1 fully saturated rings. The van der Waals surface area contributed by atoms with E-state index in [-0.39, 0.29) is 24.8 Å². The lowest BCUT2D eigenvalue weighted by Gasteiger charge is -2.47. The number of hydrogen-bond acceptors (Lipinski definition) is 2. The molecule has 2 aromatic carbocycles. The Balaban J connectivity index is 0.00000104. The summed E-state index contributed by atoms with van der Waals surface area (Å²) in [5.74, 6) is 0. The fourth-order valence-electron chi connectivity index (χ4n) is 4.11. The SMILES string of the molecule is CNCC1CCN1C1c2ccccc2CCc2ccccc21.Cl.Cl. The zero-order valence-electron chi connectivity index (χ0n) is 14.1. The van der Waals surface area contributed by atoms with Crippen LogP contribution < -0.4 is 5.32 Å². The van der Waals surface area contributed by atoms with Crippen LogP contribution in [0.3, 0.4) is 0 Å². The van der Waals surface area contributed by atoms with Crippen molar-refractivity contribution in [3.05, 3.63) is 70.8 Å². The summed E-state index contributed by atoms with van der Waals surface area (Å²) in [6.45, 7) is 2.29. The second-order valence-electron chi connectivity index (χ2n) is 6.54. The average Bonchev–Trinajstić information content (AvgIpc) is 2.70. The average molecular weight is 365 g/mol. The number of nitrogens with zero attached hydrogens (tertiary/aromatic N) is 1. The molecule has 0 spiro atoms. The molecule has 130 valence electrons. The number of aryl methyl sites for hydroxylation is 2. The number of nitrogens with one attached hydrogen (secondary N) is 1. The van der Waals surface area contributed by atoms with E-state index in [0.717, 1.165) is 19.4 Å². The largest absolute Gasteiger partial charge is 0.318 e. The Morgan fingerprint density at radius 2 is 1.46 bits per heavy atom. The molecule has 1 heterocycles. The minimum absolute atomic E-state index is 0. The van der Waals surface area contributed by atoms with Gasteiger partial charge in [-0.2, -0.15) is 0 Å². The van der Waals surface area contributed by atoms with E-state index in [2.05, 4.69) is 65.8 Å². The lowest BCUT2D eigenvalue weighted by Crippen LogP contribution is -2.54. The number of rotatable bonds is 3. The lowest BCUT2D eigenvalue weighted by molar-refractivity contribution is 0.0582. The van der Waals surface area contributed by atoms with Gasteiger partial charge in [-0.05, 0) is 48.6 Å². The van der Waals surface area contributed by atoms with E-state index in [1.807, 2.05) is 0 Å². The zero-order chi connectivity index (χ0) is 14.9. The summed E-state index contributed by atoms with van der Waals surface area (Å²) in [6.07, 6.45) is 3.63. The van der Waals surface area contributed by atoms with Crippen LogP contribution in [0.25, 0.3) is 0 Å². The number of halogens is 2. The predicted octanol–water partition coefficient (Wildman–Crippen LogP) is 4.01. The van der Waals surface area contributed by atoms with Gasteiger partial charge in [0.25, 0.3) is 0 Å². The maximum Gasteiger partial charge on any atom is 0.0610 e. The summed E-state index contributed by atoms with van der Waals surface area (Å²) in [5, 5.41) is 3.36. The number of benzene rings is 2. The van der Waals surface area contributed by atoms with E-state index >= 15 is 0 Å². The van der Waals surface area contributed by atoms with Crippen LogP contribution in [0.5, 0.6) is 0 Å². The molecule has 0 aromatic heterocycles. The molecule has 1 atom stereocenters. The van der Waals surface area contributed by atoms with Gasteiger partial charge in [-0.25, -0.2) is 0 Å². The molecule has 24 heavy (non-hydrogen) atoms. The molecule has 2 nitrogen and oxygen atoms in total. The van der Waals surface area contributed by atoms with Crippen molar-refractivity contribution in [1.82, 2.24) is 10.2 Å². The van der Waals surface area contributed by atoms with Gasteiger partial charge in [0, 0.05) is 19.1 Å². The maximum atomic E-state index is 3.36. The Morgan fingerprint density at radius 3 is 1.92 bits per heavy atom. The van der Waals surface area contributed by atoms with E-state index in [0.29, 0.717) is 12.1 Å². The molecule has 0 bridgehead atoms. The number of likely N-dealkylation sites (tertiary alicyclic amines) is 1. The minimum Gasteiger partial charge on any atom is -0.318 e. The van der Waals surface area contributed by atoms with Gasteiger partial charge >= 0.3 is 0 Å². The number of hydrogen-bond donors (Lipinski definition) is 1. The second-order valence-corrected chi connectivity index (χ2v) is 6.54. The molecule has 0 radical (unpaired) electrons. The van der Waals surface area contributed by atoms with Crippen LogP contribution in [0.4, 0.5) is 0 Å². The standard InChI is InChI=1S/C20H24N2.2ClH/c1-21-14-17-12-13-22(17)20-18-8-4-2-6-15(18)10-11-16-7-3-5-9-19(16)20;;/h2-9,17,20-21H,10-14H2,1H3;2*1H. The van der Waals surface area contributed by atoms with Crippen molar-refractivity contribution < 1.29 is 0 Å². The third-order valence-corrected chi connectivity index (χ3v) is 5.32. The summed E-state index contributed by atoms with van der Waals surface area (Å²) in [6, 6.07) is 19.2. The molecule has 2 aliphatic rings. The lowest BCUT2D eigenvalue weighted by atomic mass is 9.88. The first kappa shape index (κ1) is 19.3. The Labute approximate surface area is 157 Å². The van der Waals surface area contributed by atoms with Crippen LogP contribution >= 0.6 is 24.8 Å². The second kappa shape index (κ2) is 8.35. The molecule has 2 aromatic rings. The highest BCUT2D eigenvalue weighted by molar-refractivity contribution is 5.85. The molecule has 1 aliphatic carbocycles. The summed E-state index contributed by atoms with van der Waals surface area (Å²) in [5.41, 5.74) is 6.10. The Morgan fingerprint density at radius 1 is 0.917 bits per heavy atom. The fraction of sp³-hybridized carbons (Fsp3) is 0.400. The number of fused-ring (bicyclic) bond motifs is 2. The highest BCUT2D eigenvalue weighted by atomic mass is 35.5. The molecule has 1 N–H and O–H groups in total. The third kappa shape index (κ3) is 3.34. The van der Waals surface area contributed by atoms with Gasteiger partial charge in [0.05, 0.1) is 6.04 Å². The first-order valence-corrected chi connectivity index (χ1v) is 8.44. The number of likely N-dealkylation sites (N-methyl/N-ethyl adjacent to an activating group) is 1. The molecule has 1 aliphatic heterocycles. The van der Waals surface area contributed by atoms with Gasteiger partial charge in [0.2, 0.25) is 0 Å². The molecular weight excluding hydrogens is 339 g/mol. The van der Waals surface area contributed by atoms with Crippen LogP contribution in [0.15, 0.2) is 48.5 Å². The highest BCUT2D eigenvalue weighted by Gasteiger charge is 2.37.